The molecule has 0 saturated heterocycles. The van der Waals surface area contributed by atoms with Crippen LogP contribution in [0.2, 0.25) is 10.0 Å². The van der Waals surface area contributed by atoms with Gasteiger partial charge >= 0.3 is 5.97 Å². The number of hydrogen-bond donors (Lipinski definition) is 1. The number of rotatable bonds is 3. The molecular formula is C16H9Cl2FN2O3S. The number of carbonyl (C=O) groups excluding carboxylic acids is 1. The van der Waals surface area contributed by atoms with Gasteiger partial charge in [-0.1, -0.05) is 40.6 Å². The Bertz CT molecular complexity index is 1070. The first-order chi connectivity index (χ1) is 11.9. The van der Waals surface area contributed by atoms with Crippen LogP contribution >= 0.6 is 34.5 Å². The Morgan fingerprint density at radius 2 is 2.00 bits per heavy atom. The van der Waals surface area contributed by atoms with E-state index in [1.165, 1.54) is 28.8 Å². The second-order valence-corrected chi connectivity index (χ2v) is 6.82. The Kier molecular flexibility index (Phi) is 4.89. The molecule has 5 nitrogen and oxygen atoms in total. The van der Waals surface area contributed by atoms with E-state index in [1.807, 2.05) is 0 Å². The lowest BCUT2D eigenvalue weighted by atomic mass is 10.2. The maximum Gasteiger partial charge on any atom is 0.323 e. The minimum absolute atomic E-state index is 0.0588. The predicted octanol–water partition coefficient (Wildman–Crippen LogP) is 3.97. The van der Waals surface area contributed by atoms with E-state index in [-0.39, 0.29) is 20.1 Å². The van der Waals surface area contributed by atoms with Crippen LogP contribution in [0.15, 0.2) is 41.4 Å². The van der Waals surface area contributed by atoms with Gasteiger partial charge in [0.2, 0.25) is 0 Å². The fraction of sp³-hybridized carbons (Fsp3) is 0.0625. The second kappa shape index (κ2) is 6.95. The van der Waals surface area contributed by atoms with Gasteiger partial charge in [-0.15, -0.1) is 0 Å². The zero-order valence-electron chi connectivity index (χ0n) is 12.4. The molecule has 0 spiro atoms. The van der Waals surface area contributed by atoms with E-state index in [1.54, 1.807) is 12.1 Å². The summed E-state index contributed by atoms with van der Waals surface area (Å²) in [6.07, 6.45) is 0. The number of aromatic nitrogens is 1. The highest BCUT2D eigenvalue weighted by Gasteiger charge is 2.16. The van der Waals surface area contributed by atoms with Crippen LogP contribution in [0, 0.1) is 5.82 Å². The van der Waals surface area contributed by atoms with Crippen molar-refractivity contribution >= 4 is 56.6 Å². The van der Waals surface area contributed by atoms with Gasteiger partial charge in [-0.25, -0.2) is 4.39 Å². The first-order valence-electron chi connectivity index (χ1n) is 6.90. The molecule has 0 unspecified atom stereocenters. The fourth-order valence-electron chi connectivity index (χ4n) is 2.23. The molecule has 0 radical (unpaired) electrons. The summed E-state index contributed by atoms with van der Waals surface area (Å²) in [5.74, 6) is -2.44. The van der Waals surface area contributed by atoms with Crippen LogP contribution < -0.4 is 4.80 Å². The number of hydrogen-bond acceptors (Lipinski definition) is 3. The van der Waals surface area contributed by atoms with E-state index in [0.29, 0.717) is 10.5 Å². The fourth-order valence-corrected chi connectivity index (χ4v) is 3.70. The standard InChI is InChI=1S/C16H9Cl2FN2O3S/c17-9-3-1-2-8(6-9)15(24)20-16-21(7-12(22)23)11-5-4-10(18)13(19)14(11)25-16/h1-6H,7H2,(H,22,23)/b20-16-. The number of halogens is 3. The van der Waals surface area contributed by atoms with Gasteiger partial charge in [0, 0.05) is 10.6 Å². The molecule has 2 aromatic carbocycles. The Hall–Kier alpha value is -2.22. The maximum absolute atomic E-state index is 14.2. The van der Waals surface area contributed by atoms with Gasteiger partial charge in [-0.2, -0.15) is 4.99 Å². The van der Waals surface area contributed by atoms with E-state index in [2.05, 4.69) is 4.99 Å². The lowest BCUT2D eigenvalue weighted by Crippen LogP contribution is -2.21. The average Bonchev–Trinajstić information content (AvgIpc) is 2.89. The number of benzene rings is 2. The van der Waals surface area contributed by atoms with Gasteiger partial charge in [0.25, 0.3) is 5.91 Å². The normalized spacial score (nSPS) is 11.9. The van der Waals surface area contributed by atoms with Crippen molar-refractivity contribution in [3.8, 4) is 0 Å². The lowest BCUT2D eigenvalue weighted by Gasteiger charge is -2.02. The molecule has 1 heterocycles. The molecule has 0 atom stereocenters. The van der Waals surface area contributed by atoms with Gasteiger partial charge in [-0.05, 0) is 30.3 Å². The zero-order valence-corrected chi connectivity index (χ0v) is 14.7. The SMILES string of the molecule is O=C(O)Cn1/c(=N/C(=O)c2cccc(Cl)c2)sc2c(F)c(Cl)ccc21. The highest BCUT2D eigenvalue weighted by molar-refractivity contribution is 7.16. The van der Waals surface area contributed by atoms with Gasteiger partial charge < -0.3 is 9.67 Å². The molecule has 1 N–H and O–H groups in total. The summed E-state index contributed by atoms with van der Waals surface area (Å²) in [6, 6.07) is 9.00. The van der Waals surface area contributed by atoms with Crippen LogP contribution in [0.5, 0.6) is 0 Å². The molecule has 0 aliphatic heterocycles. The van der Waals surface area contributed by atoms with Crippen LogP contribution in [-0.2, 0) is 11.3 Å². The topological polar surface area (TPSA) is 71.7 Å². The number of fused-ring (bicyclic) bond motifs is 1. The number of carboxylic acid groups (broad SMARTS) is 1. The first-order valence-corrected chi connectivity index (χ1v) is 8.48. The zero-order chi connectivity index (χ0) is 18.1. The van der Waals surface area contributed by atoms with Gasteiger partial charge in [0.15, 0.2) is 10.6 Å². The van der Waals surface area contributed by atoms with Crippen molar-refractivity contribution in [2.24, 2.45) is 4.99 Å². The Morgan fingerprint density at radius 3 is 2.68 bits per heavy atom. The summed E-state index contributed by atoms with van der Waals surface area (Å²) in [5, 5.41) is 9.38. The van der Waals surface area contributed by atoms with Crippen LogP contribution in [-0.4, -0.2) is 21.6 Å². The van der Waals surface area contributed by atoms with Crippen molar-refractivity contribution in [3.63, 3.8) is 0 Å². The highest BCUT2D eigenvalue weighted by atomic mass is 35.5. The van der Waals surface area contributed by atoms with Crippen LogP contribution in [0.1, 0.15) is 10.4 Å². The summed E-state index contributed by atoms with van der Waals surface area (Å²) >= 11 is 12.5. The summed E-state index contributed by atoms with van der Waals surface area (Å²) < 4.78 is 15.6. The van der Waals surface area contributed by atoms with Crippen molar-refractivity contribution in [3.05, 3.63) is 62.6 Å². The molecule has 1 aromatic heterocycles. The van der Waals surface area contributed by atoms with Crippen molar-refractivity contribution in [1.82, 2.24) is 4.57 Å². The molecule has 0 bridgehead atoms. The summed E-state index contributed by atoms with van der Waals surface area (Å²) in [7, 11) is 0. The van der Waals surface area contributed by atoms with Crippen LogP contribution in [0.25, 0.3) is 10.2 Å². The van der Waals surface area contributed by atoms with Crippen molar-refractivity contribution in [2.45, 2.75) is 6.54 Å². The molecule has 25 heavy (non-hydrogen) atoms. The molecule has 1 amide bonds. The number of carbonyl (C=O) groups is 2. The van der Waals surface area contributed by atoms with E-state index in [4.69, 9.17) is 28.3 Å². The van der Waals surface area contributed by atoms with Crippen LogP contribution in [0.3, 0.4) is 0 Å². The Labute approximate surface area is 154 Å². The third kappa shape index (κ3) is 3.58. The largest absolute Gasteiger partial charge is 0.480 e. The van der Waals surface area contributed by atoms with E-state index < -0.39 is 24.2 Å². The molecule has 0 fully saturated rings. The average molecular weight is 399 g/mol. The molecule has 9 heteroatoms. The molecule has 0 aliphatic carbocycles. The monoisotopic (exact) mass is 398 g/mol. The second-order valence-electron chi connectivity index (χ2n) is 5.00. The summed E-state index contributed by atoms with van der Waals surface area (Å²) in [6.45, 7) is -0.470. The lowest BCUT2D eigenvalue weighted by molar-refractivity contribution is -0.137. The minimum atomic E-state index is -1.15. The predicted molar refractivity (Wildman–Crippen MR) is 93.8 cm³/mol. The third-order valence-electron chi connectivity index (χ3n) is 3.31. The van der Waals surface area contributed by atoms with Crippen molar-refractivity contribution in [1.29, 1.82) is 0 Å². The number of aliphatic carboxylic acids is 1. The van der Waals surface area contributed by atoms with E-state index >= 15 is 0 Å². The number of amides is 1. The minimum Gasteiger partial charge on any atom is -0.480 e. The van der Waals surface area contributed by atoms with E-state index in [0.717, 1.165) is 11.3 Å². The van der Waals surface area contributed by atoms with Crippen LogP contribution in [0.4, 0.5) is 4.39 Å². The molecule has 128 valence electrons. The van der Waals surface area contributed by atoms with Gasteiger partial charge in [-0.3, -0.25) is 9.59 Å². The molecule has 0 aliphatic rings. The number of nitrogens with zero attached hydrogens (tertiary/aromatic N) is 2. The van der Waals surface area contributed by atoms with Crippen molar-refractivity contribution < 1.29 is 19.1 Å². The molecule has 3 rings (SSSR count). The van der Waals surface area contributed by atoms with E-state index in [9.17, 15) is 14.0 Å². The van der Waals surface area contributed by atoms with Gasteiger partial charge in [0.1, 0.15) is 6.54 Å². The quantitative estimate of drug-likeness (QED) is 0.725. The van der Waals surface area contributed by atoms with Gasteiger partial charge in [0.05, 0.1) is 15.2 Å². The summed E-state index contributed by atoms with van der Waals surface area (Å²) in [5.41, 5.74) is 0.539. The Balaban J connectivity index is 2.22. The summed E-state index contributed by atoms with van der Waals surface area (Å²) in [4.78, 5) is 27.5. The molecular weight excluding hydrogens is 390 g/mol. The van der Waals surface area contributed by atoms with Crippen molar-refractivity contribution in [2.75, 3.05) is 0 Å². The first kappa shape index (κ1) is 17.6. The third-order valence-corrected chi connectivity index (χ3v) is 4.92. The Morgan fingerprint density at radius 1 is 1.24 bits per heavy atom. The maximum atomic E-state index is 14.2. The molecule has 3 aromatic rings. The molecule has 0 saturated carbocycles. The number of carboxylic acids is 1. The number of thiazole rings is 1. The highest BCUT2D eigenvalue weighted by Crippen LogP contribution is 2.26. The smallest absolute Gasteiger partial charge is 0.323 e.